The Labute approximate surface area is 125 Å². The molecular formula is C18H21NO2. The van der Waals surface area contributed by atoms with Crippen LogP contribution in [0.3, 0.4) is 0 Å². The molecule has 0 bridgehead atoms. The van der Waals surface area contributed by atoms with Crippen LogP contribution in [0.4, 0.5) is 0 Å². The normalized spacial score (nSPS) is 40.0. The predicted octanol–water partition coefficient (Wildman–Crippen LogP) is 3.80. The minimum Gasteiger partial charge on any atom is -0.411 e. The molecule has 0 radical (unpaired) electrons. The average Bonchev–Trinajstić information content (AvgIpc) is 2.82. The fourth-order valence-electron chi connectivity index (χ4n) is 4.90. The molecular weight excluding hydrogens is 262 g/mol. The molecule has 0 spiro atoms. The minimum atomic E-state index is -0.220. The Hall–Kier alpha value is -1.64. The molecule has 0 aromatic carbocycles. The standard InChI is InChI=1S/C18H21NO2/c1-18-9-8-14-13-5-3-12(19-21)10-11(13)2-4-15(14)16(18)6-7-17(18)20/h8-10,15-16,21H,2-7H2,1H3/t15-,16+,18+/m1/s1. The second-order valence-electron chi connectivity index (χ2n) is 7.02. The van der Waals surface area contributed by atoms with Gasteiger partial charge in [0.25, 0.3) is 0 Å². The molecule has 0 aromatic rings. The van der Waals surface area contributed by atoms with Gasteiger partial charge in [0.05, 0.1) is 5.71 Å². The smallest absolute Gasteiger partial charge is 0.142 e. The van der Waals surface area contributed by atoms with Gasteiger partial charge in [0, 0.05) is 11.8 Å². The van der Waals surface area contributed by atoms with Crippen molar-refractivity contribution in [1.82, 2.24) is 0 Å². The zero-order chi connectivity index (χ0) is 14.6. The molecule has 1 N–H and O–H groups in total. The van der Waals surface area contributed by atoms with Crippen molar-refractivity contribution in [2.24, 2.45) is 22.4 Å². The van der Waals surface area contributed by atoms with Gasteiger partial charge in [0.15, 0.2) is 0 Å². The maximum absolute atomic E-state index is 12.2. The van der Waals surface area contributed by atoms with Gasteiger partial charge in [-0.15, -0.1) is 0 Å². The first-order valence-electron chi connectivity index (χ1n) is 8.01. The van der Waals surface area contributed by atoms with Crippen molar-refractivity contribution in [3.05, 3.63) is 34.9 Å². The van der Waals surface area contributed by atoms with E-state index in [1.54, 1.807) is 0 Å². The molecule has 3 heteroatoms. The second-order valence-corrected chi connectivity index (χ2v) is 7.02. The van der Waals surface area contributed by atoms with Gasteiger partial charge in [-0.25, -0.2) is 0 Å². The molecule has 4 rings (SSSR count). The van der Waals surface area contributed by atoms with Crippen molar-refractivity contribution in [3.8, 4) is 0 Å². The number of ketones is 1. The molecule has 3 atom stereocenters. The number of rotatable bonds is 0. The van der Waals surface area contributed by atoms with Gasteiger partial charge in [0.1, 0.15) is 5.78 Å². The quantitative estimate of drug-likeness (QED) is 0.543. The summed E-state index contributed by atoms with van der Waals surface area (Å²) < 4.78 is 0. The summed E-state index contributed by atoms with van der Waals surface area (Å²) in [5.41, 5.74) is 4.84. The molecule has 110 valence electrons. The van der Waals surface area contributed by atoms with Crippen molar-refractivity contribution in [2.75, 3.05) is 0 Å². The molecule has 1 saturated carbocycles. The van der Waals surface area contributed by atoms with Gasteiger partial charge in [-0.05, 0) is 73.7 Å². The molecule has 0 saturated heterocycles. The molecule has 0 aromatic heterocycles. The summed E-state index contributed by atoms with van der Waals surface area (Å²) in [6.45, 7) is 2.13. The van der Waals surface area contributed by atoms with E-state index < -0.39 is 0 Å². The highest BCUT2D eigenvalue weighted by molar-refractivity contribution is 5.97. The number of oxime groups is 1. The highest BCUT2D eigenvalue weighted by Crippen LogP contribution is 2.55. The second kappa shape index (κ2) is 4.43. The van der Waals surface area contributed by atoms with Gasteiger partial charge < -0.3 is 5.21 Å². The van der Waals surface area contributed by atoms with Gasteiger partial charge in [-0.2, -0.15) is 0 Å². The van der Waals surface area contributed by atoms with Gasteiger partial charge >= 0.3 is 0 Å². The molecule has 0 aliphatic heterocycles. The third-order valence-electron chi connectivity index (χ3n) is 6.11. The Balaban J connectivity index is 1.81. The molecule has 0 amide bonds. The zero-order valence-electron chi connectivity index (χ0n) is 12.4. The molecule has 4 aliphatic rings. The lowest BCUT2D eigenvalue weighted by molar-refractivity contribution is -0.124. The summed E-state index contributed by atoms with van der Waals surface area (Å²) in [5, 5.41) is 12.3. The number of carbonyl (C=O) groups excluding carboxylic acids is 1. The number of allylic oxidation sites excluding steroid dienone is 6. The SMILES string of the molecule is C[C@]12C=CC3=C4CCC(=NO)C=C4CC[C@H]3[C@@H]1CCC2=O. The van der Waals surface area contributed by atoms with Crippen LogP contribution in [-0.4, -0.2) is 16.7 Å². The summed E-state index contributed by atoms with van der Waals surface area (Å²) in [6.07, 6.45) is 12.2. The van der Waals surface area contributed by atoms with E-state index >= 15 is 0 Å². The lowest BCUT2D eigenvalue weighted by atomic mass is 9.61. The van der Waals surface area contributed by atoms with E-state index in [-0.39, 0.29) is 5.41 Å². The van der Waals surface area contributed by atoms with Crippen molar-refractivity contribution >= 4 is 11.5 Å². The van der Waals surface area contributed by atoms with Crippen molar-refractivity contribution in [1.29, 1.82) is 0 Å². The molecule has 0 heterocycles. The third-order valence-corrected chi connectivity index (χ3v) is 6.11. The van der Waals surface area contributed by atoms with E-state index in [2.05, 4.69) is 30.3 Å². The van der Waals surface area contributed by atoms with Crippen LogP contribution in [0.1, 0.15) is 45.4 Å². The van der Waals surface area contributed by atoms with Gasteiger partial charge in [-0.1, -0.05) is 17.3 Å². The highest BCUT2D eigenvalue weighted by atomic mass is 16.4. The first-order valence-corrected chi connectivity index (χ1v) is 8.01. The molecule has 3 nitrogen and oxygen atoms in total. The van der Waals surface area contributed by atoms with Gasteiger partial charge in [-0.3, -0.25) is 4.79 Å². The fourth-order valence-corrected chi connectivity index (χ4v) is 4.90. The van der Waals surface area contributed by atoms with Crippen LogP contribution in [0, 0.1) is 17.3 Å². The van der Waals surface area contributed by atoms with Crippen LogP contribution in [-0.2, 0) is 4.79 Å². The van der Waals surface area contributed by atoms with E-state index in [4.69, 9.17) is 5.21 Å². The Kier molecular flexibility index (Phi) is 2.75. The Bertz CT molecular complexity index is 638. The highest BCUT2D eigenvalue weighted by Gasteiger charge is 2.51. The largest absolute Gasteiger partial charge is 0.411 e. The van der Waals surface area contributed by atoms with E-state index in [9.17, 15) is 4.79 Å². The average molecular weight is 283 g/mol. The molecule has 21 heavy (non-hydrogen) atoms. The summed E-state index contributed by atoms with van der Waals surface area (Å²) in [7, 11) is 0. The van der Waals surface area contributed by atoms with Crippen molar-refractivity contribution in [2.45, 2.75) is 45.4 Å². The Morgan fingerprint density at radius 3 is 2.90 bits per heavy atom. The van der Waals surface area contributed by atoms with Crippen molar-refractivity contribution < 1.29 is 10.0 Å². The lowest BCUT2D eigenvalue weighted by Gasteiger charge is -2.42. The lowest BCUT2D eigenvalue weighted by Crippen LogP contribution is -2.37. The first-order chi connectivity index (χ1) is 10.1. The predicted molar refractivity (Wildman–Crippen MR) is 81.3 cm³/mol. The van der Waals surface area contributed by atoms with Crippen LogP contribution in [0.25, 0.3) is 0 Å². The van der Waals surface area contributed by atoms with Crippen LogP contribution in [0.5, 0.6) is 0 Å². The van der Waals surface area contributed by atoms with Crippen LogP contribution >= 0.6 is 0 Å². The number of fused-ring (bicyclic) bond motifs is 4. The Morgan fingerprint density at radius 1 is 1.24 bits per heavy atom. The van der Waals surface area contributed by atoms with E-state index in [1.165, 1.54) is 16.7 Å². The van der Waals surface area contributed by atoms with Crippen LogP contribution in [0.2, 0.25) is 0 Å². The van der Waals surface area contributed by atoms with Crippen molar-refractivity contribution in [3.63, 3.8) is 0 Å². The molecule has 0 unspecified atom stereocenters. The monoisotopic (exact) mass is 283 g/mol. The molecule has 4 aliphatic carbocycles. The summed E-state index contributed by atoms with van der Waals surface area (Å²) in [5.74, 6) is 1.46. The van der Waals surface area contributed by atoms with E-state index in [0.717, 1.165) is 44.2 Å². The maximum atomic E-state index is 12.2. The summed E-state index contributed by atoms with van der Waals surface area (Å²) >= 11 is 0. The number of Topliss-reactive ketones (excluding diaryl/α,β-unsaturated/α-hetero) is 1. The fraction of sp³-hybridized carbons (Fsp3) is 0.556. The maximum Gasteiger partial charge on any atom is 0.142 e. The minimum absolute atomic E-state index is 0.220. The summed E-state index contributed by atoms with van der Waals surface area (Å²) in [4.78, 5) is 12.2. The zero-order valence-corrected chi connectivity index (χ0v) is 12.4. The number of nitrogens with zero attached hydrogens (tertiary/aromatic N) is 1. The Morgan fingerprint density at radius 2 is 2.10 bits per heavy atom. The topological polar surface area (TPSA) is 49.7 Å². The third kappa shape index (κ3) is 1.73. The number of hydrogen-bond acceptors (Lipinski definition) is 3. The van der Waals surface area contributed by atoms with Crippen LogP contribution in [0.15, 0.2) is 40.1 Å². The summed E-state index contributed by atoms with van der Waals surface area (Å²) in [6, 6.07) is 0. The van der Waals surface area contributed by atoms with Gasteiger partial charge in [0.2, 0.25) is 0 Å². The van der Waals surface area contributed by atoms with Crippen LogP contribution < -0.4 is 0 Å². The number of hydrogen-bond donors (Lipinski definition) is 1. The molecule has 1 fully saturated rings. The number of carbonyl (C=O) groups is 1. The first kappa shape index (κ1) is 13.1. The van der Waals surface area contributed by atoms with E-state index in [0.29, 0.717) is 17.6 Å². The van der Waals surface area contributed by atoms with E-state index in [1.807, 2.05) is 0 Å².